The van der Waals surface area contributed by atoms with E-state index in [2.05, 4.69) is 33.1 Å². The summed E-state index contributed by atoms with van der Waals surface area (Å²) in [4.78, 5) is 41.5. The van der Waals surface area contributed by atoms with Crippen LogP contribution in [0.1, 0.15) is 29.7 Å². The maximum atomic E-state index is 13.8. The fourth-order valence-corrected chi connectivity index (χ4v) is 5.09. The minimum absolute atomic E-state index is 0.0859. The molecule has 1 spiro atoms. The highest BCUT2D eigenvalue weighted by molar-refractivity contribution is 6.07. The molecule has 0 atom stereocenters. The fraction of sp³-hybridized carbons (Fsp3) is 0.333. The molecule has 2 aromatic heterocycles. The monoisotopic (exact) mass is 455 g/mol. The van der Waals surface area contributed by atoms with Gasteiger partial charge in [0.1, 0.15) is 5.54 Å². The van der Waals surface area contributed by atoms with E-state index in [4.69, 9.17) is 0 Å². The van der Waals surface area contributed by atoms with Crippen LogP contribution in [0.2, 0.25) is 0 Å². The summed E-state index contributed by atoms with van der Waals surface area (Å²) in [6.07, 6.45) is 7.34. The molecule has 5 rings (SSSR count). The Bertz CT molecular complexity index is 1120. The topological polar surface area (TPSA) is 69.6 Å². The van der Waals surface area contributed by atoms with Crippen LogP contribution in [0.15, 0.2) is 79.3 Å². The van der Waals surface area contributed by atoms with Crippen LogP contribution in [0.5, 0.6) is 0 Å². The van der Waals surface area contributed by atoms with Crippen LogP contribution in [0.3, 0.4) is 0 Å². The number of hydrogen-bond acceptors (Lipinski definition) is 5. The van der Waals surface area contributed by atoms with Crippen molar-refractivity contribution < 1.29 is 9.59 Å². The Hall–Kier alpha value is -3.58. The van der Waals surface area contributed by atoms with Gasteiger partial charge >= 0.3 is 6.03 Å². The molecule has 2 aliphatic rings. The Labute approximate surface area is 200 Å². The molecule has 174 valence electrons. The zero-order valence-corrected chi connectivity index (χ0v) is 19.2. The third-order valence-corrected chi connectivity index (χ3v) is 6.95. The largest absolute Gasteiger partial charge is 0.328 e. The minimum atomic E-state index is -0.786. The summed E-state index contributed by atoms with van der Waals surface area (Å²) in [6, 6.07) is 19.5. The SMILES string of the molecule is O=C1N(Cc2ccccn2)C(=O)C2(CCN(Cc3cccnc3)CC2)N1CCc1ccccc1. The average Bonchev–Trinajstić information content (AvgIpc) is 3.07. The van der Waals surface area contributed by atoms with E-state index in [1.54, 1.807) is 12.4 Å². The van der Waals surface area contributed by atoms with Crippen LogP contribution in [0.25, 0.3) is 0 Å². The molecule has 4 heterocycles. The van der Waals surface area contributed by atoms with E-state index in [-0.39, 0.29) is 18.5 Å². The van der Waals surface area contributed by atoms with Gasteiger partial charge < -0.3 is 4.90 Å². The maximum Gasteiger partial charge on any atom is 0.328 e. The second-order valence-electron chi connectivity index (χ2n) is 9.05. The van der Waals surface area contributed by atoms with Crippen LogP contribution in [0, 0.1) is 0 Å². The lowest BCUT2D eigenvalue weighted by Crippen LogP contribution is -2.56. The number of hydrogen-bond donors (Lipinski definition) is 0. The molecular formula is C27H29N5O2. The van der Waals surface area contributed by atoms with Crippen molar-refractivity contribution in [3.05, 3.63) is 96.1 Å². The first-order valence-corrected chi connectivity index (χ1v) is 11.8. The number of likely N-dealkylation sites (tertiary alicyclic amines) is 1. The lowest BCUT2D eigenvalue weighted by Gasteiger charge is -2.42. The van der Waals surface area contributed by atoms with E-state index in [9.17, 15) is 9.59 Å². The van der Waals surface area contributed by atoms with Gasteiger partial charge in [-0.25, -0.2) is 4.79 Å². The van der Waals surface area contributed by atoms with Gasteiger partial charge in [0.05, 0.1) is 12.2 Å². The van der Waals surface area contributed by atoms with Crippen LogP contribution >= 0.6 is 0 Å². The van der Waals surface area contributed by atoms with Gasteiger partial charge in [0.2, 0.25) is 0 Å². The molecule has 2 aliphatic heterocycles. The fourth-order valence-electron chi connectivity index (χ4n) is 5.09. The summed E-state index contributed by atoms with van der Waals surface area (Å²) >= 11 is 0. The van der Waals surface area contributed by atoms with Gasteiger partial charge in [0, 0.05) is 44.8 Å². The predicted octanol–water partition coefficient (Wildman–Crippen LogP) is 3.52. The summed E-state index contributed by atoms with van der Waals surface area (Å²) in [5, 5.41) is 0. The summed E-state index contributed by atoms with van der Waals surface area (Å²) in [5.41, 5.74) is 2.25. The highest BCUT2D eigenvalue weighted by Crippen LogP contribution is 2.38. The molecule has 7 heteroatoms. The number of imide groups is 1. The second-order valence-corrected chi connectivity index (χ2v) is 9.05. The summed E-state index contributed by atoms with van der Waals surface area (Å²) < 4.78 is 0. The number of aromatic nitrogens is 2. The Morgan fingerprint density at radius 2 is 1.59 bits per heavy atom. The van der Waals surface area contributed by atoms with E-state index < -0.39 is 5.54 Å². The quantitative estimate of drug-likeness (QED) is 0.510. The van der Waals surface area contributed by atoms with E-state index in [0.717, 1.165) is 42.9 Å². The molecular weight excluding hydrogens is 426 g/mol. The van der Waals surface area contributed by atoms with Gasteiger partial charge in [-0.15, -0.1) is 0 Å². The van der Waals surface area contributed by atoms with Gasteiger partial charge in [-0.3, -0.25) is 24.6 Å². The van der Waals surface area contributed by atoms with E-state index in [1.165, 1.54) is 4.90 Å². The zero-order valence-electron chi connectivity index (χ0n) is 19.2. The molecule has 2 saturated heterocycles. The number of nitrogens with zero attached hydrogens (tertiary/aromatic N) is 5. The smallest absolute Gasteiger partial charge is 0.309 e. The minimum Gasteiger partial charge on any atom is -0.309 e. The zero-order chi connectivity index (χ0) is 23.4. The number of carbonyl (C=O) groups excluding carboxylic acids is 2. The molecule has 0 bridgehead atoms. The number of benzene rings is 1. The number of amides is 3. The molecule has 3 amide bonds. The van der Waals surface area contributed by atoms with Crippen LogP contribution in [-0.2, 0) is 24.3 Å². The molecule has 0 unspecified atom stereocenters. The van der Waals surface area contributed by atoms with Crippen molar-refractivity contribution >= 4 is 11.9 Å². The Morgan fingerprint density at radius 1 is 0.824 bits per heavy atom. The van der Waals surface area contributed by atoms with Gasteiger partial charge in [0.15, 0.2) is 0 Å². The first kappa shape index (κ1) is 22.2. The lowest BCUT2D eigenvalue weighted by molar-refractivity contribution is -0.136. The maximum absolute atomic E-state index is 13.8. The molecule has 0 N–H and O–H groups in total. The van der Waals surface area contributed by atoms with Gasteiger partial charge in [-0.1, -0.05) is 42.5 Å². The normalized spacial score (nSPS) is 18.1. The standard InChI is InChI=1S/C27H29N5O2/c33-25-27(12-17-30(18-13-27)20-23-9-6-14-28-19-23)32(16-11-22-7-2-1-3-8-22)26(34)31(25)21-24-10-4-5-15-29-24/h1-10,14-15,19H,11-13,16-18,20-21H2. The lowest BCUT2D eigenvalue weighted by atomic mass is 9.85. The third-order valence-electron chi connectivity index (χ3n) is 6.95. The van der Waals surface area contributed by atoms with Crippen LogP contribution < -0.4 is 0 Å². The molecule has 7 nitrogen and oxygen atoms in total. The van der Waals surface area contributed by atoms with Crippen LogP contribution in [-0.4, -0.2) is 61.8 Å². The molecule has 0 radical (unpaired) electrons. The Balaban J connectivity index is 1.35. The second kappa shape index (κ2) is 9.73. The van der Waals surface area contributed by atoms with Crippen molar-refractivity contribution in [1.29, 1.82) is 0 Å². The van der Waals surface area contributed by atoms with Gasteiger partial charge in [0.25, 0.3) is 5.91 Å². The summed E-state index contributed by atoms with van der Waals surface area (Å²) in [7, 11) is 0. The number of pyridine rings is 2. The van der Waals surface area contributed by atoms with Crippen LogP contribution in [0.4, 0.5) is 4.79 Å². The summed E-state index contributed by atoms with van der Waals surface area (Å²) in [5.74, 6) is -0.0859. The molecule has 34 heavy (non-hydrogen) atoms. The number of carbonyl (C=O) groups is 2. The molecule has 3 aromatic rings. The molecule has 0 aliphatic carbocycles. The third kappa shape index (κ3) is 4.43. The van der Waals surface area contributed by atoms with Crippen molar-refractivity contribution in [1.82, 2.24) is 24.7 Å². The van der Waals surface area contributed by atoms with Gasteiger partial charge in [-0.05, 0) is 48.6 Å². The van der Waals surface area contributed by atoms with E-state index >= 15 is 0 Å². The van der Waals surface area contributed by atoms with Crippen molar-refractivity contribution in [3.63, 3.8) is 0 Å². The van der Waals surface area contributed by atoms with E-state index in [1.807, 2.05) is 53.6 Å². The Morgan fingerprint density at radius 3 is 2.29 bits per heavy atom. The molecule has 0 saturated carbocycles. The van der Waals surface area contributed by atoms with E-state index in [0.29, 0.717) is 19.4 Å². The van der Waals surface area contributed by atoms with Gasteiger partial charge in [-0.2, -0.15) is 0 Å². The molecule has 2 fully saturated rings. The van der Waals surface area contributed by atoms with Crippen molar-refractivity contribution in [2.24, 2.45) is 0 Å². The van der Waals surface area contributed by atoms with Crippen molar-refractivity contribution in [2.75, 3.05) is 19.6 Å². The average molecular weight is 456 g/mol. The first-order valence-electron chi connectivity index (χ1n) is 11.8. The van der Waals surface area contributed by atoms with Crippen molar-refractivity contribution in [3.8, 4) is 0 Å². The highest BCUT2D eigenvalue weighted by atomic mass is 16.2. The highest BCUT2D eigenvalue weighted by Gasteiger charge is 2.57. The first-order chi connectivity index (χ1) is 16.7. The number of piperidine rings is 1. The van der Waals surface area contributed by atoms with Crippen molar-refractivity contribution in [2.45, 2.75) is 37.9 Å². The Kier molecular flexibility index (Phi) is 6.36. The molecule has 1 aromatic carbocycles. The number of urea groups is 1. The predicted molar refractivity (Wildman–Crippen MR) is 129 cm³/mol. The number of rotatable bonds is 7. The summed E-state index contributed by atoms with van der Waals surface area (Å²) in [6.45, 7) is 3.05.